The van der Waals surface area contributed by atoms with E-state index in [0.717, 1.165) is 21.8 Å². The lowest BCUT2D eigenvalue weighted by atomic mass is 10.1. The van der Waals surface area contributed by atoms with Crippen LogP contribution in [0.3, 0.4) is 0 Å². The molecule has 0 bridgehead atoms. The van der Waals surface area contributed by atoms with Gasteiger partial charge in [0.2, 0.25) is 0 Å². The van der Waals surface area contributed by atoms with Crippen LogP contribution < -0.4 is 4.74 Å². The largest absolute Gasteiger partial charge is 0.488 e. The minimum Gasteiger partial charge on any atom is -0.488 e. The highest BCUT2D eigenvalue weighted by atomic mass is 35.5. The van der Waals surface area contributed by atoms with Crippen LogP contribution in [0.5, 0.6) is 5.75 Å². The molecule has 1 aromatic carbocycles. The predicted octanol–water partition coefficient (Wildman–Crippen LogP) is 3.75. The lowest BCUT2D eigenvalue weighted by Gasteiger charge is -2.17. The second kappa shape index (κ2) is 4.30. The van der Waals surface area contributed by atoms with Crippen LogP contribution in [0.1, 0.15) is 15.2 Å². The molecule has 92 valence electrons. The summed E-state index contributed by atoms with van der Waals surface area (Å²) in [5.41, 5.74) is 1.93. The number of esters is 1. The monoisotopic (exact) mass is 280 g/mol. The third-order valence-corrected chi connectivity index (χ3v) is 4.19. The van der Waals surface area contributed by atoms with Crippen molar-refractivity contribution in [2.75, 3.05) is 7.11 Å². The molecule has 18 heavy (non-hydrogen) atoms. The van der Waals surface area contributed by atoms with Crippen LogP contribution >= 0.6 is 22.9 Å². The number of fused-ring (bicyclic) bond motifs is 3. The maximum Gasteiger partial charge on any atom is 0.348 e. The maximum atomic E-state index is 11.5. The van der Waals surface area contributed by atoms with Crippen LogP contribution in [0.15, 0.2) is 24.3 Å². The van der Waals surface area contributed by atoms with Crippen molar-refractivity contribution in [2.24, 2.45) is 0 Å². The van der Waals surface area contributed by atoms with E-state index in [-0.39, 0.29) is 5.97 Å². The quantitative estimate of drug-likeness (QED) is 0.747. The molecule has 1 aliphatic rings. The second-order valence-corrected chi connectivity index (χ2v) is 5.37. The first-order valence-corrected chi connectivity index (χ1v) is 6.52. The van der Waals surface area contributed by atoms with Gasteiger partial charge in [-0.3, -0.25) is 0 Å². The Morgan fingerprint density at radius 3 is 3.06 bits per heavy atom. The van der Waals surface area contributed by atoms with E-state index >= 15 is 0 Å². The summed E-state index contributed by atoms with van der Waals surface area (Å²) in [4.78, 5) is 13.1. The summed E-state index contributed by atoms with van der Waals surface area (Å²) >= 11 is 7.40. The van der Waals surface area contributed by atoms with E-state index in [1.165, 1.54) is 18.4 Å². The van der Waals surface area contributed by atoms with E-state index in [1.54, 1.807) is 6.07 Å². The lowest BCUT2D eigenvalue weighted by Crippen LogP contribution is -2.02. The highest BCUT2D eigenvalue weighted by Crippen LogP contribution is 2.43. The highest BCUT2D eigenvalue weighted by molar-refractivity contribution is 7.17. The molecule has 0 aliphatic carbocycles. The molecule has 3 rings (SSSR count). The van der Waals surface area contributed by atoms with Gasteiger partial charge < -0.3 is 9.47 Å². The van der Waals surface area contributed by atoms with Gasteiger partial charge in [0.05, 0.1) is 7.11 Å². The average molecular weight is 281 g/mol. The van der Waals surface area contributed by atoms with E-state index < -0.39 is 0 Å². The molecule has 0 atom stereocenters. The summed E-state index contributed by atoms with van der Waals surface area (Å²) in [6.45, 7) is 0.470. The Kier molecular flexibility index (Phi) is 2.76. The fourth-order valence-corrected chi connectivity index (χ4v) is 3.20. The molecule has 1 aliphatic heterocycles. The molecule has 0 fully saturated rings. The Balaban J connectivity index is 2.14. The topological polar surface area (TPSA) is 35.5 Å². The predicted molar refractivity (Wildman–Crippen MR) is 70.4 cm³/mol. The van der Waals surface area contributed by atoms with Crippen molar-refractivity contribution < 1.29 is 14.3 Å². The molecule has 0 saturated heterocycles. The van der Waals surface area contributed by atoms with Crippen molar-refractivity contribution in [1.82, 2.24) is 0 Å². The Morgan fingerprint density at radius 2 is 2.28 bits per heavy atom. The Morgan fingerprint density at radius 1 is 1.44 bits per heavy atom. The zero-order valence-electron chi connectivity index (χ0n) is 9.53. The Bertz CT molecular complexity index is 633. The maximum absolute atomic E-state index is 11.5. The van der Waals surface area contributed by atoms with Gasteiger partial charge in [-0.15, -0.1) is 11.3 Å². The minimum atomic E-state index is -0.321. The van der Waals surface area contributed by atoms with Crippen molar-refractivity contribution in [2.45, 2.75) is 6.61 Å². The molecular weight excluding hydrogens is 272 g/mol. The van der Waals surface area contributed by atoms with E-state index in [0.29, 0.717) is 16.5 Å². The first-order chi connectivity index (χ1) is 8.69. The fourth-order valence-electron chi connectivity index (χ4n) is 1.93. The normalized spacial score (nSPS) is 12.3. The molecular formula is C13H9ClO3S. The highest BCUT2D eigenvalue weighted by Gasteiger charge is 2.23. The number of carbonyl (C=O) groups excluding carboxylic acids is 1. The first-order valence-electron chi connectivity index (χ1n) is 5.33. The minimum absolute atomic E-state index is 0.321. The number of halogens is 1. The number of benzene rings is 1. The first kappa shape index (κ1) is 11.6. The van der Waals surface area contributed by atoms with Gasteiger partial charge in [0.15, 0.2) is 0 Å². The van der Waals surface area contributed by atoms with Gasteiger partial charge >= 0.3 is 5.97 Å². The van der Waals surface area contributed by atoms with E-state index in [1.807, 2.05) is 18.2 Å². The molecule has 3 nitrogen and oxygen atoms in total. The van der Waals surface area contributed by atoms with Crippen LogP contribution in [0.2, 0.25) is 5.02 Å². The lowest BCUT2D eigenvalue weighted by molar-refractivity contribution is 0.0606. The van der Waals surface area contributed by atoms with Crippen molar-refractivity contribution in [1.29, 1.82) is 0 Å². The zero-order chi connectivity index (χ0) is 12.7. The zero-order valence-corrected chi connectivity index (χ0v) is 11.1. The summed E-state index contributed by atoms with van der Waals surface area (Å²) in [5.74, 6) is 0.475. The summed E-state index contributed by atoms with van der Waals surface area (Å²) in [6.07, 6.45) is 0. The SMILES string of the molecule is COC(=O)c1cc2c(s1)-c1cc(Cl)ccc1OC2. The molecule has 0 N–H and O–H groups in total. The molecule has 2 heterocycles. The molecule has 0 spiro atoms. The number of carbonyl (C=O) groups is 1. The third-order valence-electron chi connectivity index (χ3n) is 2.76. The van der Waals surface area contributed by atoms with Crippen molar-refractivity contribution in [3.8, 4) is 16.2 Å². The van der Waals surface area contributed by atoms with Gasteiger partial charge in [-0.1, -0.05) is 11.6 Å². The summed E-state index contributed by atoms with van der Waals surface area (Å²) < 4.78 is 10.4. The van der Waals surface area contributed by atoms with Gasteiger partial charge in [0, 0.05) is 21.0 Å². The van der Waals surface area contributed by atoms with Crippen molar-refractivity contribution in [3.63, 3.8) is 0 Å². The molecule has 5 heteroatoms. The molecule has 0 unspecified atom stereocenters. The van der Waals surface area contributed by atoms with Crippen molar-refractivity contribution >= 4 is 28.9 Å². The number of rotatable bonds is 1. The number of hydrogen-bond acceptors (Lipinski definition) is 4. The average Bonchev–Trinajstić information content (AvgIpc) is 2.82. The summed E-state index contributed by atoms with van der Waals surface area (Å²) in [6, 6.07) is 7.31. The van der Waals surface area contributed by atoms with Gasteiger partial charge in [0.25, 0.3) is 0 Å². The Labute approximate surface area is 113 Å². The van der Waals surface area contributed by atoms with Crippen LogP contribution in [0.25, 0.3) is 10.4 Å². The summed E-state index contributed by atoms with van der Waals surface area (Å²) in [7, 11) is 1.38. The number of thiophene rings is 1. The fraction of sp³-hybridized carbons (Fsp3) is 0.154. The van der Waals surface area contributed by atoms with Crippen molar-refractivity contribution in [3.05, 3.63) is 39.7 Å². The number of ether oxygens (including phenoxy) is 2. The van der Waals surface area contributed by atoms with Crippen LogP contribution in [0.4, 0.5) is 0 Å². The third kappa shape index (κ3) is 1.78. The molecule has 0 radical (unpaired) electrons. The van der Waals surface area contributed by atoms with Crippen LogP contribution in [0, 0.1) is 0 Å². The molecule has 0 saturated carbocycles. The molecule has 0 amide bonds. The standard InChI is InChI=1S/C13H9ClO3S/c1-16-13(15)11-4-7-6-17-10-3-2-8(14)5-9(10)12(7)18-11/h2-5H,6H2,1H3. The number of hydrogen-bond donors (Lipinski definition) is 0. The van der Waals surface area contributed by atoms with Gasteiger partial charge in [-0.25, -0.2) is 4.79 Å². The van der Waals surface area contributed by atoms with E-state index in [4.69, 9.17) is 21.1 Å². The summed E-state index contributed by atoms with van der Waals surface area (Å²) in [5, 5.41) is 0.651. The number of methoxy groups -OCH3 is 1. The van der Waals surface area contributed by atoms with Gasteiger partial charge in [-0.2, -0.15) is 0 Å². The van der Waals surface area contributed by atoms with E-state index in [2.05, 4.69) is 0 Å². The molecule has 2 aromatic rings. The van der Waals surface area contributed by atoms with Gasteiger partial charge in [-0.05, 0) is 24.3 Å². The molecule has 1 aromatic heterocycles. The second-order valence-electron chi connectivity index (χ2n) is 3.89. The van der Waals surface area contributed by atoms with Crippen LogP contribution in [-0.2, 0) is 11.3 Å². The smallest absolute Gasteiger partial charge is 0.348 e. The van der Waals surface area contributed by atoms with Gasteiger partial charge in [0.1, 0.15) is 17.2 Å². The van der Waals surface area contributed by atoms with Crippen LogP contribution in [-0.4, -0.2) is 13.1 Å². The van der Waals surface area contributed by atoms with E-state index in [9.17, 15) is 4.79 Å². The Hall–Kier alpha value is -1.52.